The van der Waals surface area contributed by atoms with E-state index in [2.05, 4.69) is 4.74 Å². The Morgan fingerprint density at radius 3 is 2.53 bits per heavy atom. The predicted molar refractivity (Wildman–Crippen MR) is 59.7 cm³/mol. The number of carbonyl (C=O) groups is 3. The Bertz CT molecular complexity index is 585. The lowest BCUT2D eigenvalue weighted by Crippen LogP contribution is -2.32. The quantitative estimate of drug-likeness (QED) is 0.608. The van der Waals surface area contributed by atoms with E-state index in [9.17, 15) is 23.2 Å². The number of ether oxygens (including phenoxy) is 1. The van der Waals surface area contributed by atoms with Crippen molar-refractivity contribution in [2.75, 3.05) is 18.6 Å². The first-order valence-corrected chi connectivity index (χ1v) is 5.37. The fourth-order valence-corrected chi connectivity index (χ4v) is 1.82. The number of Topliss-reactive ketones (excluding diaryl/α,β-unsaturated/α-hetero) is 1. The minimum absolute atomic E-state index is 0.0298. The second kappa shape index (κ2) is 4.75. The summed E-state index contributed by atoms with van der Waals surface area (Å²) in [6.45, 7) is -0.130. The van der Waals surface area contributed by atoms with Gasteiger partial charge in [0.1, 0.15) is 0 Å². The summed E-state index contributed by atoms with van der Waals surface area (Å²) in [6, 6.07) is 1.45. The highest BCUT2D eigenvalue weighted by atomic mass is 19.2. The molecule has 0 saturated heterocycles. The molecule has 1 aliphatic rings. The van der Waals surface area contributed by atoms with Crippen LogP contribution >= 0.6 is 0 Å². The Hall–Kier alpha value is -2.31. The van der Waals surface area contributed by atoms with Crippen LogP contribution in [0.15, 0.2) is 12.1 Å². The molecule has 0 atom stereocenters. The zero-order valence-corrected chi connectivity index (χ0v) is 9.91. The normalized spacial score (nSPS) is 13.7. The first-order chi connectivity index (χ1) is 8.95. The van der Waals surface area contributed by atoms with Crippen LogP contribution in [0.4, 0.5) is 14.5 Å². The highest BCUT2D eigenvalue weighted by Gasteiger charge is 2.37. The number of esters is 1. The molecule has 0 bridgehead atoms. The van der Waals surface area contributed by atoms with Crippen molar-refractivity contribution in [3.05, 3.63) is 29.3 Å². The van der Waals surface area contributed by atoms with E-state index in [1.165, 1.54) is 7.11 Å². The molecule has 0 aromatic heterocycles. The maximum atomic E-state index is 13.2. The lowest BCUT2D eigenvalue weighted by atomic mass is 10.1. The van der Waals surface area contributed by atoms with Gasteiger partial charge in [0, 0.05) is 12.6 Å². The van der Waals surface area contributed by atoms with Crippen molar-refractivity contribution in [3.8, 4) is 0 Å². The largest absolute Gasteiger partial charge is 0.469 e. The monoisotopic (exact) mass is 269 g/mol. The molecule has 1 amide bonds. The van der Waals surface area contributed by atoms with Crippen LogP contribution in [-0.2, 0) is 14.3 Å². The van der Waals surface area contributed by atoms with E-state index in [4.69, 9.17) is 0 Å². The summed E-state index contributed by atoms with van der Waals surface area (Å²) in [5, 5.41) is 0. The van der Waals surface area contributed by atoms with Crippen LogP contribution in [0.25, 0.3) is 0 Å². The molecule has 0 aliphatic carbocycles. The smallest absolute Gasteiger partial charge is 0.307 e. The lowest BCUT2D eigenvalue weighted by Gasteiger charge is -2.15. The van der Waals surface area contributed by atoms with Gasteiger partial charge < -0.3 is 9.64 Å². The zero-order valence-electron chi connectivity index (χ0n) is 9.91. The SMILES string of the molecule is COC(=O)CCN1C(=O)C(=O)c2cc(F)c(F)cc21. The average Bonchev–Trinajstić information content (AvgIpc) is 2.61. The van der Waals surface area contributed by atoms with Gasteiger partial charge in [-0.15, -0.1) is 0 Å². The number of hydrogen-bond donors (Lipinski definition) is 0. The van der Waals surface area contributed by atoms with E-state index >= 15 is 0 Å². The highest BCUT2D eigenvalue weighted by molar-refractivity contribution is 6.52. The van der Waals surface area contributed by atoms with Gasteiger partial charge in [0.2, 0.25) is 0 Å². The Labute approximate surface area is 106 Å². The molecule has 0 saturated carbocycles. The molecule has 0 N–H and O–H groups in total. The van der Waals surface area contributed by atoms with Crippen LogP contribution < -0.4 is 4.90 Å². The summed E-state index contributed by atoms with van der Waals surface area (Å²) in [7, 11) is 1.18. The molecular formula is C12H9F2NO4. The van der Waals surface area contributed by atoms with Crippen LogP contribution in [0.3, 0.4) is 0 Å². The lowest BCUT2D eigenvalue weighted by molar-refractivity contribution is -0.140. The standard InChI is InChI=1S/C12H9F2NO4/c1-19-10(16)2-3-15-9-5-8(14)7(13)4-6(9)11(17)12(15)18/h4-5H,2-3H2,1H3. The van der Waals surface area contributed by atoms with Gasteiger partial charge in [0.25, 0.3) is 11.7 Å². The first-order valence-electron chi connectivity index (χ1n) is 5.37. The number of amides is 1. The molecule has 0 radical (unpaired) electrons. The molecule has 1 aromatic carbocycles. The summed E-state index contributed by atoms with van der Waals surface area (Å²) >= 11 is 0. The van der Waals surface area contributed by atoms with Gasteiger partial charge in [-0.25, -0.2) is 8.78 Å². The molecule has 100 valence electrons. The van der Waals surface area contributed by atoms with Crippen LogP contribution in [0.2, 0.25) is 0 Å². The number of fused-ring (bicyclic) bond motifs is 1. The van der Waals surface area contributed by atoms with Crippen molar-refractivity contribution in [3.63, 3.8) is 0 Å². The second-order valence-corrected chi connectivity index (χ2v) is 3.90. The number of benzene rings is 1. The molecule has 2 rings (SSSR count). The number of hydrogen-bond acceptors (Lipinski definition) is 4. The number of rotatable bonds is 3. The summed E-state index contributed by atoms with van der Waals surface area (Å²) in [6.07, 6.45) is -0.145. The topological polar surface area (TPSA) is 63.7 Å². The first kappa shape index (κ1) is 13.1. The van der Waals surface area contributed by atoms with Crippen molar-refractivity contribution in [1.82, 2.24) is 0 Å². The molecule has 1 aliphatic heterocycles. The third kappa shape index (κ3) is 2.18. The van der Waals surface area contributed by atoms with Crippen molar-refractivity contribution < 1.29 is 27.9 Å². The minimum atomic E-state index is -1.20. The predicted octanol–water partition coefficient (Wildman–Crippen LogP) is 1.06. The summed E-state index contributed by atoms with van der Waals surface area (Å²) < 4.78 is 30.6. The number of methoxy groups -OCH3 is 1. The minimum Gasteiger partial charge on any atom is -0.469 e. The van der Waals surface area contributed by atoms with E-state index in [0.29, 0.717) is 6.07 Å². The molecule has 0 spiro atoms. The fourth-order valence-electron chi connectivity index (χ4n) is 1.82. The van der Waals surface area contributed by atoms with Crippen LogP contribution in [0.5, 0.6) is 0 Å². The molecule has 1 aromatic rings. The van der Waals surface area contributed by atoms with E-state index in [0.717, 1.165) is 11.0 Å². The summed E-state index contributed by atoms with van der Waals surface area (Å²) in [5.74, 6) is -4.77. The van der Waals surface area contributed by atoms with Crippen molar-refractivity contribution in [2.24, 2.45) is 0 Å². The van der Waals surface area contributed by atoms with E-state index in [-0.39, 0.29) is 24.2 Å². The summed E-state index contributed by atoms with van der Waals surface area (Å²) in [5.41, 5.74) is -0.230. The molecule has 0 fully saturated rings. The number of carbonyl (C=O) groups excluding carboxylic acids is 3. The maximum Gasteiger partial charge on any atom is 0.307 e. The van der Waals surface area contributed by atoms with Gasteiger partial charge in [-0.2, -0.15) is 0 Å². The molecular weight excluding hydrogens is 260 g/mol. The Morgan fingerprint density at radius 2 is 1.89 bits per heavy atom. The van der Waals surface area contributed by atoms with Crippen LogP contribution in [0, 0.1) is 11.6 Å². The second-order valence-electron chi connectivity index (χ2n) is 3.90. The maximum absolute atomic E-state index is 13.2. The van der Waals surface area contributed by atoms with Crippen molar-refractivity contribution in [2.45, 2.75) is 6.42 Å². The van der Waals surface area contributed by atoms with Crippen LogP contribution in [-0.4, -0.2) is 31.3 Å². The van der Waals surface area contributed by atoms with Gasteiger partial charge >= 0.3 is 5.97 Å². The van der Waals surface area contributed by atoms with E-state index in [1.54, 1.807) is 0 Å². The van der Waals surface area contributed by atoms with Gasteiger partial charge in [-0.3, -0.25) is 14.4 Å². The van der Waals surface area contributed by atoms with Gasteiger partial charge in [-0.05, 0) is 6.07 Å². The van der Waals surface area contributed by atoms with Gasteiger partial charge in [0.15, 0.2) is 11.6 Å². The number of ketones is 1. The Morgan fingerprint density at radius 1 is 1.26 bits per heavy atom. The van der Waals surface area contributed by atoms with E-state index in [1.807, 2.05) is 0 Å². The molecule has 7 heteroatoms. The average molecular weight is 269 g/mol. The van der Waals surface area contributed by atoms with Crippen molar-refractivity contribution >= 4 is 23.3 Å². The van der Waals surface area contributed by atoms with Gasteiger partial charge in [0.05, 0.1) is 24.8 Å². The molecule has 5 nitrogen and oxygen atoms in total. The third-order valence-electron chi connectivity index (χ3n) is 2.78. The van der Waals surface area contributed by atoms with Gasteiger partial charge in [-0.1, -0.05) is 0 Å². The molecule has 19 heavy (non-hydrogen) atoms. The van der Waals surface area contributed by atoms with E-state index < -0.39 is 29.3 Å². The number of halogens is 2. The summed E-state index contributed by atoms with van der Waals surface area (Å²) in [4.78, 5) is 35.2. The molecule has 0 unspecified atom stereocenters. The molecule has 1 heterocycles. The van der Waals surface area contributed by atoms with Crippen molar-refractivity contribution in [1.29, 1.82) is 0 Å². The third-order valence-corrected chi connectivity index (χ3v) is 2.78. The number of anilines is 1. The number of nitrogens with zero attached hydrogens (tertiary/aromatic N) is 1. The van der Waals surface area contributed by atoms with Crippen LogP contribution in [0.1, 0.15) is 16.8 Å². The zero-order chi connectivity index (χ0) is 14.2. The highest BCUT2D eigenvalue weighted by Crippen LogP contribution is 2.31. The Balaban J connectivity index is 2.33. The fraction of sp³-hybridized carbons (Fsp3) is 0.250. The Kier molecular flexibility index (Phi) is 3.28.